The predicted octanol–water partition coefficient (Wildman–Crippen LogP) is 4.26. The lowest BCUT2D eigenvalue weighted by atomic mass is 10.1. The Kier molecular flexibility index (Phi) is 5.80. The van der Waals surface area contributed by atoms with E-state index in [-0.39, 0.29) is 6.09 Å². The van der Waals surface area contributed by atoms with E-state index >= 15 is 0 Å². The molecule has 0 N–H and O–H groups in total. The summed E-state index contributed by atoms with van der Waals surface area (Å²) in [5.74, 6) is 0. The van der Waals surface area contributed by atoms with Gasteiger partial charge in [0.2, 0.25) is 0 Å². The third-order valence-corrected chi connectivity index (χ3v) is 5.46. The zero-order valence-corrected chi connectivity index (χ0v) is 16.5. The van der Waals surface area contributed by atoms with Crippen molar-refractivity contribution in [3.05, 3.63) is 21.2 Å². The first-order chi connectivity index (χ1) is 11.6. The van der Waals surface area contributed by atoms with Gasteiger partial charge in [-0.2, -0.15) is 0 Å². The number of halogens is 2. The van der Waals surface area contributed by atoms with Gasteiger partial charge >= 0.3 is 6.09 Å². The van der Waals surface area contributed by atoms with E-state index in [0.717, 1.165) is 40.3 Å². The minimum atomic E-state index is -0.195. The van der Waals surface area contributed by atoms with Crippen molar-refractivity contribution in [2.75, 3.05) is 19.7 Å². The Labute approximate surface area is 159 Å². The summed E-state index contributed by atoms with van der Waals surface area (Å²) in [6, 6.07) is 0.307. The van der Waals surface area contributed by atoms with E-state index in [9.17, 15) is 4.79 Å². The normalized spacial score (nSPS) is 15.9. The second-order valence-corrected chi connectivity index (χ2v) is 7.45. The Morgan fingerprint density at radius 2 is 2.17 bits per heavy atom. The zero-order chi connectivity index (χ0) is 17.1. The van der Waals surface area contributed by atoms with E-state index in [2.05, 4.69) is 50.2 Å². The molecule has 1 saturated heterocycles. The van der Waals surface area contributed by atoms with Crippen LogP contribution < -0.4 is 0 Å². The van der Waals surface area contributed by atoms with Crippen molar-refractivity contribution < 1.29 is 9.53 Å². The van der Waals surface area contributed by atoms with E-state index < -0.39 is 0 Å². The Morgan fingerprint density at radius 3 is 2.88 bits per heavy atom. The molecule has 3 rings (SSSR count). The number of likely N-dealkylation sites (tertiary alicyclic amines) is 1. The maximum absolute atomic E-state index is 12.0. The Morgan fingerprint density at radius 1 is 1.42 bits per heavy atom. The minimum absolute atomic E-state index is 0.195. The second kappa shape index (κ2) is 7.86. The number of hydrogen-bond acceptors (Lipinski definition) is 4. The molecule has 0 radical (unpaired) electrons. The molecule has 2 aromatic heterocycles. The van der Waals surface area contributed by atoms with E-state index in [1.54, 1.807) is 4.90 Å². The van der Waals surface area contributed by atoms with Crippen molar-refractivity contribution in [3.63, 3.8) is 0 Å². The SMILES string of the molecule is CCCCOC(=O)N1CCC(n2cc(I)c3c(Cl)ncnc32)CC1. The van der Waals surface area contributed by atoms with Crippen LogP contribution in [0.15, 0.2) is 12.5 Å². The minimum Gasteiger partial charge on any atom is -0.449 e. The van der Waals surface area contributed by atoms with Gasteiger partial charge in [-0.25, -0.2) is 14.8 Å². The van der Waals surface area contributed by atoms with Crippen LogP contribution in [0.25, 0.3) is 11.0 Å². The number of ether oxygens (including phenoxy) is 1. The largest absolute Gasteiger partial charge is 0.449 e. The average molecular weight is 463 g/mol. The molecule has 1 fully saturated rings. The summed E-state index contributed by atoms with van der Waals surface area (Å²) in [7, 11) is 0. The van der Waals surface area contributed by atoms with Crippen LogP contribution in [0.1, 0.15) is 38.6 Å². The maximum Gasteiger partial charge on any atom is 0.409 e. The molecule has 0 unspecified atom stereocenters. The highest BCUT2D eigenvalue weighted by molar-refractivity contribution is 14.1. The number of amides is 1. The van der Waals surface area contributed by atoms with Crippen LogP contribution >= 0.6 is 34.2 Å². The van der Waals surface area contributed by atoms with Gasteiger partial charge in [0.25, 0.3) is 0 Å². The predicted molar refractivity (Wildman–Crippen MR) is 101 cm³/mol. The summed E-state index contributed by atoms with van der Waals surface area (Å²) in [4.78, 5) is 22.3. The van der Waals surface area contributed by atoms with Gasteiger partial charge in [0.15, 0.2) is 0 Å². The van der Waals surface area contributed by atoms with Gasteiger partial charge < -0.3 is 14.2 Å². The molecule has 3 heterocycles. The Bertz CT molecular complexity index is 728. The third kappa shape index (κ3) is 3.61. The molecule has 0 spiro atoms. The molecule has 0 aliphatic carbocycles. The molecule has 0 saturated carbocycles. The van der Waals surface area contributed by atoms with Crippen molar-refractivity contribution in [1.29, 1.82) is 0 Å². The van der Waals surface area contributed by atoms with Gasteiger partial charge in [0.1, 0.15) is 17.1 Å². The summed E-state index contributed by atoms with van der Waals surface area (Å²) < 4.78 is 8.52. The van der Waals surface area contributed by atoms with Crippen LogP contribution in [0.3, 0.4) is 0 Å². The fourth-order valence-electron chi connectivity index (χ4n) is 3.00. The van der Waals surface area contributed by atoms with Crippen molar-refractivity contribution in [1.82, 2.24) is 19.4 Å². The summed E-state index contributed by atoms with van der Waals surface area (Å²) in [6.07, 6.45) is 7.08. The highest BCUT2D eigenvalue weighted by Crippen LogP contribution is 2.32. The molecule has 2 aromatic rings. The van der Waals surface area contributed by atoms with Crippen molar-refractivity contribution in [2.45, 2.75) is 38.6 Å². The van der Waals surface area contributed by atoms with Crippen molar-refractivity contribution in [2.24, 2.45) is 0 Å². The topological polar surface area (TPSA) is 60.2 Å². The van der Waals surface area contributed by atoms with Gasteiger partial charge in [-0.05, 0) is 41.9 Å². The Balaban J connectivity index is 1.67. The molecule has 1 aliphatic heterocycles. The lowest BCUT2D eigenvalue weighted by Gasteiger charge is -2.32. The fraction of sp³-hybridized carbons (Fsp3) is 0.562. The average Bonchev–Trinajstić information content (AvgIpc) is 2.93. The number of piperidine rings is 1. The summed E-state index contributed by atoms with van der Waals surface area (Å²) in [5.41, 5.74) is 0.864. The number of fused-ring (bicyclic) bond motifs is 1. The molecule has 24 heavy (non-hydrogen) atoms. The van der Waals surface area contributed by atoms with E-state index in [4.69, 9.17) is 16.3 Å². The molecule has 0 aromatic carbocycles. The van der Waals surface area contributed by atoms with Gasteiger partial charge in [0.05, 0.1) is 12.0 Å². The number of aromatic nitrogens is 3. The molecular formula is C16H20ClIN4O2. The van der Waals surface area contributed by atoms with Gasteiger partial charge in [-0.1, -0.05) is 24.9 Å². The fourth-order valence-corrected chi connectivity index (χ4v) is 4.19. The molecule has 130 valence electrons. The molecule has 1 aliphatic rings. The molecule has 0 bridgehead atoms. The van der Waals surface area contributed by atoms with Gasteiger partial charge in [-0.15, -0.1) is 0 Å². The number of nitrogens with zero attached hydrogens (tertiary/aromatic N) is 4. The first kappa shape index (κ1) is 17.7. The van der Waals surface area contributed by atoms with Gasteiger partial charge in [0, 0.05) is 28.9 Å². The lowest BCUT2D eigenvalue weighted by Crippen LogP contribution is -2.39. The highest BCUT2D eigenvalue weighted by Gasteiger charge is 2.26. The van der Waals surface area contributed by atoms with Crippen LogP contribution in [-0.4, -0.2) is 45.2 Å². The van der Waals surface area contributed by atoms with E-state index in [1.807, 2.05) is 0 Å². The molecule has 0 atom stereocenters. The lowest BCUT2D eigenvalue weighted by molar-refractivity contribution is 0.0878. The van der Waals surface area contributed by atoms with Crippen LogP contribution in [0, 0.1) is 3.57 Å². The number of rotatable bonds is 4. The summed E-state index contributed by atoms with van der Waals surface area (Å²) in [5, 5.41) is 1.39. The van der Waals surface area contributed by atoms with Crippen molar-refractivity contribution in [3.8, 4) is 0 Å². The highest BCUT2D eigenvalue weighted by atomic mass is 127. The van der Waals surface area contributed by atoms with Crippen LogP contribution in [0.5, 0.6) is 0 Å². The molecule has 6 nitrogen and oxygen atoms in total. The molecule has 8 heteroatoms. The molecule has 1 amide bonds. The third-order valence-electron chi connectivity index (χ3n) is 4.36. The summed E-state index contributed by atoms with van der Waals surface area (Å²) in [6.45, 7) is 3.98. The van der Waals surface area contributed by atoms with E-state index in [1.165, 1.54) is 6.33 Å². The molecular weight excluding hydrogens is 443 g/mol. The summed E-state index contributed by atoms with van der Waals surface area (Å²) >= 11 is 8.47. The number of hydrogen-bond donors (Lipinski definition) is 0. The quantitative estimate of drug-likeness (QED) is 0.387. The smallest absolute Gasteiger partial charge is 0.409 e. The van der Waals surface area contributed by atoms with Crippen LogP contribution in [0.4, 0.5) is 4.79 Å². The number of carbonyl (C=O) groups is 1. The number of unbranched alkanes of at least 4 members (excludes halogenated alkanes) is 1. The number of carbonyl (C=O) groups excluding carboxylic acids is 1. The Hall–Kier alpha value is -1.09. The van der Waals surface area contributed by atoms with Crippen LogP contribution in [-0.2, 0) is 4.74 Å². The monoisotopic (exact) mass is 462 g/mol. The maximum atomic E-state index is 12.0. The first-order valence-electron chi connectivity index (χ1n) is 8.20. The van der Waals surface area contributed by atoms with Gasteiger partial charge in [-0.3, -0.25) is 0 Å². The van der Waals surface area contributed by atoms with Crippen LogP contribution in [0.2, 0.25) is 5.15 Å². The van der Waals surface area contributed by atoms with Crippen molar-refractivity contribution >= 4 is 51.3 Å². The second-order valence-electron chi connectivity index (χ2n) is 5.93. The van der Waals surface area contributed by atoms with E-state index in [0.29, 0.717) is 30.9 Å². The standard InChI is InChI=1S/C16H20ClIN4O2/c1-2-3-8-24-16(23)21-6-4-11(5-7-21)22-9-12(18)13-14(17)19-10-20-15(13)22/h9-11H,2-8H2,1H3. The first-order valence-corrected chi connectivity index (χ1v) is 9.65. The zero-order valence-electron chi connectivity index (χ0n) is 13.5.